The second-order valence-electron chi connectivity index (χ2n) is 6.04. The van der Waals surface area contributed by atoms with Gasteiger partial charge in [-0.3, -0.25) is 4.79 Å². The van der Waals surface area contributed by atoms with Gasteiger partial charge < -0.3 is 25.4 Å². The zero-order chi connectivity index (χ0) is 20.0. The molecule has 2 aromatic rings. The molecule has 0 saturated carbocycles. The average molecular weight is 377 g/mol. The molecular weight excluding hydrogens is 357 g/mol. The lowest BCUT2D eigenvalue weighted by atomic mass is 9.88. The molecule has 2 aromatic carbocycles. The van der Waals surface area contributed by atoms with Crippen LogP contribution in [0.2, 0.25) is 0 Å². The summed E-state index contributed by atoms with van der Waals surface area (Å²) in [5.41, 5.74) is 5.30. The van der Waals surface area contributed by atoms with Crippen LogP contribution in [0.1, 0.15) is 22.3 Å². The third kappa shape index (κ3) is 5.18. The lowest BCUT2D eigenvalue weighted by Crippen LogP contribution is -2.51. The number of hydrogen-bond acceptors (Lipinski definition) is 7. The van der Waals surface area contributed by atoms with Crippen LogP contribution in [0.4, 0.5) is 4.39 Å². The van der Waals surface area contributed by atoms with Crippen molar-refractivity contribution in [2.24, 2.45) is 5.73 Å². The van der Waals surface area contributed by atoms with E-state index in [1.165, 1.54) is 37.4 Å². The molecule has 1 atom stereocenters. The second-order valence-corrected chi connectivity index (χ2v) is 6.04. The molecule has 0 aliphatic heterocycles. The van der Waals surface area contributed by atoms with Gasteiger partial charge >= 0.3 is 11.9 Å². The number of nitrogens with two attached hydrogens (primary N) is 1. The van der Waals surface area contributed by atoms with E-state index < -0.39 is 23.3 Å². The summed E-state index contributed by atoms with van der Waals surface area (Å²) < 4.78 is 22.7. The van der Waals surface area contributed by atoms with Gasteiger partial charge in [-0.2, -0.15) is 0 Å². The molecule has 0 aliphatic rings. The van der Waals surface area contributed by atoms with Crippen LogP contribution >= 0.6 is 0 Å². The number of ether oxygens (including phenoxy) is 2. The minimum atomic E-state index is -1.51. The molecule has 144 valence electrons. The minimum absolute atomic E-state index is 0.0123. The Bertz CT molecular complexity index is 823. The van der Waals surface area contributed by atoms with Gasteiger partial charge in [0.05, 0.1) is 19.3 Å². The van der Waals surface area contributed by atoms with Crippen molar-refractivity contribution >= 4 is 11.9 Å². The van der Waals surface area contributed by atoms with Gasteiger partial charge in [0, 0.05) is 12.8 Å². The number of aromatic hydroxyl groups is 2. The molecule has 0 spiro atoms. The number of phenolic OH excluding ortho intramolecular Hbond substituents is 2. The number of halogens is 1. The van der Waals surface area contributed by atoms with E-state index in [0.29, 0.717) is 5.56 Å². The van der Waals surface area contributed by atoms with Crippen LogP contribution in [0.25, 0.3) is 0 Å². The first-order valence-corrected chi connectivity index (χ1v) is 8.06. The highest BCUT2D eigenvalue weighted by atomic mass is 19.1. The molecule has 0 aliphatic carbocycles. The molecule has 7 nitrogen and oxygen atoms in total. The lowest BCUT2D eigenvalue weighted by Gasteiger charge is -2.26. The predicted molar refractivity (Wildman–Crippen MR) is 93.7 cm³/mol. The summed E-state index contributed by atoms with van der Waals surface area (Å²) >= 11 is 0. The summed E-state index contributed by atoms with van der Waals surface area (Å²) in [6.07, 6.45) is -0.0597. The normalized spacial score (nSPS) is 12.9. The molecule has 27 heavy (non-hydrogen) atoms. The first kappa shape index (κ1) is 20.2. The molecule has 0 fully saturated rings. The lowest BCUT2D eigenvalue weighted by molar-refractivity contribution is -0.147. The first-order chi connectivity index (χ1) is 12.7. The smallest absolute Gasteiger partial charge is 0.338 e. The van der Waals surface area contributed by atoms with E-state index >= 15 is 0 Å². The van der Waals surface area contributed by atoms with Crippen LogP contribution in [-0.4, -0.2) is 41.4 Å². The fourth-order valence-electron chi connectivity index (χ4n) is 2.50. The molecule has 0 bridgehead atoms. The van der Waals surface area contributed by atoms with E-state index in [1.807, 2.05) is 0 Å². The maximum atomic E-state index is 12.9. The number of phenols is 2. The highest BCUT2D eigenvalue weighted by Gasteiger charge is 2.36. The molecule has 0 heterocycles. The summed E-state index contributed by atoms with van der Waals surface area (Å²) in [4.78, 5) is 24.1. The Kier molecular flexibility index (Phi) is 6.36. The summed E-state index contributed by atoms with van der Waals surface area (Å²) in [6.45, 7) is -0.175. The summed E-state index contributed by atoms with van der Waals surface area (Å²) in [5.74, 6) is -2.51. The second kappa shape index (κ2) is 8.50. The summed E-state index contributed by atoms with van der Waals surface area (Å²) in [5, 5.41) is 19.0. The van der Waals surface area contributed by atoms with Crippen LogP contribution in [-0.2, 0) is 20.7 Å². The van der Waals surface area contributed by atoms with Gasteiger partial charge in [-0.25, -0.2) is 9.18 Å². The Morgan fingerprint density at radius 2 is 1.78 bits per heavy atom. The Morgan fingerprint density at radius 3 is 2.37 bits per heavy atom. The van der Waals surface area contributed by atoms with Crippen molar-refractivity contribution in [3.05, 3.63) is 59.4 Å². The van der Waals surface area contributed by atoms with Gasteiger partial charge in [-0.15, -0.1) is 0 Å². The molecule has 0 aromatic heterocycles. The first-order valence-electron chi connectivity index (χ1n) is 8.06. The third-order valence-electron chi connectivity index (χ3n) is 4.01. The largest absolute Gasteiger partial charge is 0.504 e. The number of methoxy groups -OCH3 is 1. The van der Waals surface area contributed by atoms with E-state index in [-0.39, 0.29) is 36.5 Å². The Morgan fingerprint density at radius 1 is 1.11 bits per heavy atom. The zero-order valence-electron chi connectivity index (χ0n) is 14.6. The number of carbonyl (C=O) groups is 2. The van der Waals surface area contributed by atoms with Crippen molar-refractivity contribution in [3.63, 3.8) is 0 Å². The molecule has 2 rings (SSSR count). The third-order valence-corrected chi connectivity index (χ3v) is 4.01. The average Bonchev–Trinajstić information content (AvgIpc) is 2.64. The molecule has 0 unspecified atom stereocenters. The number of rotatable bonds is 7. The zero-order valence-corrected chi connectivity index (χ0v) is 14.6. The molecule has 0 saturated heterocycles. The van der Waals surface area contributed by atoms with Gasteiger partial charge in [-0.05, 0) is 42.0 Å². The Labute approximate surface area is 155 Å². The fraction of sp³-hybridized carbons (Fsp3) is 0.263. The standard InChI is InChI=1S/C19H20FNO6/c1-26-18(25)19(21,11-12-2-7-15(22)16(23)10-12)8-9-27-17(24)13-3-5-14(20)6-4-13/h2-7,10,22-23H,8-9,11,21H2,1H3/t19-/m1/s1. The van der Waals surface area contributed by atoms with E-state index in [2.05, 4.69) is 0 Å². The van der Waals surface area contributed by atoms with E-state index in [0.717, 1.165) is 12.1 Å². The van der Waals surface area contributed by atoms with Crippen molar-refractivity contribution in [1.82, 2.24) is 0 Å². The molecule has 0 radical (unpaired) electrons. The van der Waals surface area contributed by atoms with Crippen molar-refractivity contribution in [2.75, 3.05) is 13.7 Å². The van der Waals surface area contributed by atoms with Gasteiger partial charge in [-0.1, -0.05) is 6.07 Å². The number of esters is 2. The van der Waals surface area contributed by atoms with Gasteiger partial charge in [0.2, 0.25) is 0 Å². The highest BCUT2D eigenvalue weighted by molar-refractivity contribution is 5.89. The van der Waals surface area contributed by atoms with Crippen LogP contribution in [0.5, 0.6) is 11.5 Å². The SMILES string of the molecule is COC(=O)[C@@](N)(CCOC(=O)c1ccc(F)cc1)Cc1ccc(O)c(O)c1. The number of hydrogen-bond donors (Lipinski definition) is 3. The fourth-order valence-corrected chi connectivity index (χ4v) is 2.50. The van der Waals surface area contributed by atoms with Crippen molar-refractivity contribution < 1.29 is 33.7 Å². The van der Waals surface area contributed by atoms with Crippen LogP contribution in [0.3, 0.4) is 0 Å². The van der Waals surface area contributed by atoms with Crippen molar-refractivity contribution in [3.8, 4) is 11.5 Å². The number of carbonyl (C=O) groups excluding carboxylic acids is 2. The molecular formula is C19H20FNO6. The van der Waals surface area contributed by atoms with Gasteiger partial charge in [0.15, 0.2) is 11.5 Å². The van der Waals surface area contributed by atoms with Crippen LogP contribution in [0, 0.1) is 5.82 Å². The highest BCUT2D eigenvalue weighted by Crippen LogP contribution is 2.27. The Hall–Kier alpha value is -3.13. The van der Waals surface area contributed by atoms with Crippen molar-refractivity contribution in [1.29, 1.82) is 0 Å². The van der Waals surface area contributed by atoms with E-state index in [9.17, 15) is 24.2 Å². The van der Waals surface area contributed by atoms with Crippen molar-refractivity contribution in [2.45, 2.75) is 18.4 Å². The minimum Gasteiger partial charge on any atom is -0.504 e. The molecule has 4 N–H and O–H groups in total. The van der Waals surface area contributed by atoms with E-state index in [1.54, 1.807) is 0 Å². The maximum absolute atomic E-state index is 12.9. The van der Waals surface area contributed by atoms with Crippen LogP contribution in [0.15, 0.2) is 42.5 Å². The summed E-state index contributed by atoms with van der Waals surface area (Å²) in [7, 11) is 1.18. The molecule has 0 amide bonds. The van der Waals surface area contributed by atoms with Crippen LogP contribution < -0.4 is 5.73 Å². The summed E-state index contributed by atoms with van der Waals surface area (Å²) in [6, 6.07) is 8.90. The van der Waals surface area contributed by atoms with Gasteiger partial charge in [0.25, 0.3) is 0 Å². The number of benzene rings is 2. The Balaban J connectivity index is 2.04. The van der Waals surface area contributed by atoms with Gasteiger partial charge in [0.1, 0.15) is 11.4 Å². The monoisotopic (exact) mass is 377 g/mol. The van der Waals surface area contributed by atoms with E-state index in [4.69, 9.17) is 15.2 Å². The topological polar surface area (TPSA) is 119 Å². The maximum Gasteiger partial charge on any atom is 0.338 e. The predicted octanol–water partition coefficient (Wildman–Crippen LogP) is 1.90. The molecule has 8 heteroatoms. The quantitative estimate of drug-likeness (QED) is 0.498.